The van der Waals surface area contributed by atoms with E-state index in [1.165, 1.54) is 38.4 Å². The van der Waals surface area contributed by atoms with Gasteiger partial charge in [0.1, 0.15) is 0 Å². The van der Waals surface area contributed by atoms with Gasteiger partial charge in [0.15, 0.2) is 0 Å². The molecule has 0 aliphatic heterocycles. The van der Waals surface area contributed by atoms with Crippen molar-refractivity contribution >= 4 is 25.7 Å². The van der Waals surface area contributed by atoms with Gasteiger partial charge in [-0.2, -0.15) is 3.71 Å². The molecular formula is C9H14N2O4S2. The molecule has 8 heteroatoms. The first-order valence-corrected chi connectivity index (χ1v) is 8.23. The molecule has 1 aromatic rings. The highest BCUT2D eigenvalue weighted by Gasteiger charge is 2.31. The highest BCUT2D eigenvalue weighted by Crippen LogP contribution is 2.21. The number of anilines is 1. The van der Waals surface area contributed by atoms with Gasteiger partial charge in [-0.3, -0.25) is 4.98 Å². The first kappa shape index (κ1) is 13.9. The van der Waals surface area contributed by atoms with Crippen LogP contribution in [0, 0.1) is 0 Å². The van der Waals surface area contributed by atoms with Crippen LogP contribution in [-0.2, 0) is 20.0 Å². The van der Waals surface area contributed by atoms with Crippen molar-refractivity contribution in [3.63, 3.8) is 0 Å². The molecule has 0 aliphatic rings. The number of pyridine rings is 1. The van der Waals surface area contributed by atoms with Crippen LogP contribution in [0.3, 0.4) is 0 Å². The van der Waals surface area contributed by atoms with Gasteiger partial charge in [-0.15, -0.1) is 0 Å². The molecule has 96 valence electrons. The van der Waals surface area contributed by atoms with E-state index in [1.54, 1.807) is 0 Å². The first-order chi connectivity index (χ1) is 7.85. The topological polar surface area (TPSA) is 84.4 Å². The average Bonchev–Trinajstić information content (AvgIpc) is 2.30. The van der Waals surface area contributed by atoms with E-state index in [0.717, 1.165) is 0 Å². The Morgan fingerprint density at radius 2 is 1.65 bits per heavy atom. The Balaban J connectivity index is 3.44. The minimum absolute atomic E-state index is 0.0381. The lowest BCUT2D eigenvalue weighted by atomic mass is 10.4. The maximum atomic E-state index is 11.8. The van der Waals surface area contributed by atoms with Crippen LogP contribution in [0.2, 0.25) is 0 Å². The summed E-state index contributed by atoms with van der Waals surface area (Å²) in [6.45, 7) is 2.79. The number of nitrogens with zero attached hydrogens (tertiary/aromatic N) is 2. The van der Waals surface area contributed by atoms with Crippen molar-refractivity contribution in [2.45, 2.75) is 13.8 Å². The fraction of sp³-hybridized carbons (Fsp3) is 0.444. The summed E-state index contributed by atoms with van der Waals surface area (Å²) in [5.41, 5.74) is 0.0381. The fourth-order valence-electron chi connectivity index (χ4n) is 1.19. The molecule has 0 N–H and O–H groups in total. The van der Waals surface area contributed by atoms with Crippen molar-refractivity contribution in [2.24, 2.45) is 0 Å². The van der Waals surface area contributed by atoms with Gasteiger partial charge in [0.25, 0.3) is 0 Å². The highest BCUT2D eigenvalue weighted by atomic mass is 32.3. The van der Waals surface area contributed by atoms with Gasteiger partial charge < -0.3 is 0 Å². The molecular weight excluding hydrogens is 264 g/mol. The number of sulfonamides is 2. The summed E-state index contributed by atoms with van der Waals surface area (Å²) in [6, 6.07) is 2.88. The third kappa shape index (κ3) is 2.95. The molecule has 1 rings (SSSR count). The zero-order chi connectivity index (χ0) is 13.1. The zero-order valence-corrected chi connectivity index (χ0v) is 11.2. The second-order valence-corrected chi connectivity index (χ2v) is 7.65. The molecule has 0 amide bonds. The molecule has 0 fully saturated rings. The lowest BCUT2D eigenvalue weighted by molar-refractivity contribution is 0.585. The summed E-state index contributed by atoms with van der Waals surface area (Å²) in [4.78, 5) is 3.73. The molecule has 0 atom stereocenters. The minimum atomic E-state index is -3.88. The van der Waals surface area contributed by atoms with E-state index in [-0.39, 0.29) is 17.2 Å². The number of hydrogen-bond donors (Lipinski definition) is 0. The fourth-order valence-corrected chi connectivity index (χ4v) is 4.53. The average molecular weight is 278 g/mol. The SMILES string of the molecule is CCS(=O)(=O)N(c1cccnc1)S(=O)(=O)CC. The van der Waals surface area contributed by atoms with Crippen molar-refractivity contribution in [1.29, 1.82) is 0 Å². The second kappa shape index (κ2) is 5.01. The van der Waals surface area contributed by atoms with Crippen molar-refractivity contribution in [3.05, 3.63) is 24.5 Å². The molecule has 0 saturated heterocycles. The first-order valence-electron chi connectivity index (χ1n) is 5.01. The van der Waals surface area contributed by atoms with Gasteiger partial charge in [0, 0.05) is 6.20 Å². The molecule has 1 aromatic heterocycles. The third-order valence-electron chi connectivity index (χ3n) is 2.09. The van der Waals surface area contributed by atoms with Crippen LogP contribution in [0.4, 0.5) is 5.69 Å². The van der Waals surface area contributed by atoms with Crippen LogP contribution >= 0.6 is 0 Å². The molecule has 0 saturated carbocycles. The molecule has 0 bridgehead atoms. The maximum absolute atomic E-state index is 11.8. The Labute approximate surface area is 101 Å². The molecule has 1 heterocycles. The van der Waals surface area contributed by atoms with Crippen LogP contribution in [0.1, 0.15) is 13.8 Å². The second-order valence-electron chi connectivity index (χ2n) is 3.21. The van der Waals surface area contributed by atoms with Crippen LogP contribution in [0.15, 0.2) is 24.5 Å². The van der Waals surface area contributed by atoms with Gasteiger partial charge in [-0.25, -0.2) is 16.8 Å². The Bertz CT molecular complexity index is 532. The largest absolute Gasteiger partial charge is 0.262 e. The van der Waals surface area contributed by atoms with Gasteiger partial charge >= 0.3 is 0 Å². The predicted molar refractivity (Wildman–Crippen MR) is 65.6 cm³/mol. The Kier molecular flexibility index (Phi) is 4.10. The lowest BCUT2D eigenvalue weighted by Crippen LogP contribution is -2.39. The van der Waals surface area contributed by atoms with Crippen LogP contribution in [-0.4, -0.2) is 33.3 Å². The zero-order valence-electron chi connectivity index (χ0n) is 9.57. The highest BCUT2D eigenvalue weighted by molar-refractivity contribution is 8.10. The normalized spacial score (nSPS) is 12.4. The summed E-state index contributed by atoms with van der Waals surface area (Å²) in [5, 5.41) is 0. The molecule has 0 spiro atoms. The molecule has 17 heavy (non-hydrogen) atoms. The van der Waals surface area contributed by atoms with Crippen LogP contribution in [0.5, 0.6) is 0 Å². The van der Waals surface area contributed by atoms with Crippen molar-refractivity contribution in [2.75, 3.05) is 15.2 Å². The van der Waals surface area contributed by atoms with E-state index in [2.05, 4.69) is 4.98 Å². The lowest BCUT2D eigenvalue weighted by Gasteiger charge is -2.22. The minimum Gasteiger partial charge on any atom is -0.262 e. The number of hydrogen-bond acceptors (Lipinski definition) is 5. The Hall–Kier alpha value is -1.15. The van der Waals surface area contributed by atoms with Crippen molar-refractivity contribution < 1.29 is 16.8 Å². The summed E-state index contributed by atoms with van der Waals surface area (Å²) >= 11 is 0. The molecule has 0 aromatic carbocycles. The number of rotatable bonds is 5. The standard InChI is InChI=1S/C9H14N2O4S2/c1-3-16(12,13)11(17(14,15)4-2)9-6-5-7-10-8-9/h5-8H,3-4H2,1-2H3. The number of aromatic nitrogens is 1. The molecule has 0 radical (unpaired) electrons. The van der Waals surface area contributed by atoms with E-state index in [0.29, 0.717) is 3.71 Å². The third-order valence-corrected chi connectivity index (χ3v) is 6.35. The predicted octanol–water partition coefficient (Wildman–Crippen LogP) is 0.587. The van der Waals surface area contributed by atoms with Crippen molar-refractivity contribution in [1.82, 2.24) is 4.98 Å². The molecule has 0 unspecified atom stereocenters. The van der Waals surface area contributed by atoms with Crippen molar-refractivity contribution in [3.8, 4) is 0 Å². The van der Waals surface area contributed by atoms with Gasteiger partial charge in [-0.1, -0.05) is 0 Å². The van der Waals surface area contributed by atoms with Gasteiger partial charge in [-0.05, 0) is 26.0 Å². The van der Waals surface area contributed by atoms with E-state index in [1.807, 2.05) is 0 Å². The molecule has 6 nitrogen and oxygen atoms in total. The summed E-state index contributed by atoms with van der Waals surface area (Å²) < 4.78 is 47.7. The Morgan fingerprint density at radius 1 is 1.12 bits per heavy atom. The van der Waals surface area contributed by atoms with E-state index < -0.39 is 20.0 Å². The quantitative estimate of drug-likeness (QED) is 0.787. The van der Waals surface area contributed by atoms with E-state index in [9.17, 15) is 16.8 Å². The van der Waals surface area contributed by atoms with E-state index in [4.69, 9.17) is 0 Å². The monoisotopic (exact) mass is 278 g/mol. The summed E-state index contributed by atoms with van der Waals surface area (Å²) in [6.07, 6.45) is 2.65. The van der Waals surface area contributed by atoms with Crippen LogP contribution in [0.25, 0.3) is 0 Å². The van der Waals surface area contributed by atoms with Gasteiger partial charge in [0.2, 0.25) is 20.0 Å². The Morgan fingerprint density at radius 3 is 2.00 bits per heavy atom. The molecule has 0 aliphatic carbocycles. The summed E-state index contributed by atoms with van der Waals surface area (Å²) in [7, 11) is -7.76. The maximum Gasteiger partial charge on any atom is 0.248 e. The van der Waals surface area contributed by atoms with E-state index >= 15 is 0 Å². The van der Waals surface area contributed by atoms with Crippen LogP contribution < -0.4 is 3.71 Å². The smallest absolute Gasteiger partial charge is 0.248 e. The summed E-state index contributed by atoms with van der Waals surface area (Å²) in [5.74, 6) is -0.581. The van der Waals surface area contributed by atoms with Gasteiger partial charge in [0.05, 0.1) is 23.4 Å².